The lowest BCUT2D eigenvalue weighted by Crippen LogP contribution is -2.14. The van der Waals surface area contributed by atoms with Gasteiger partial charge < -0.3 is 11.1 Å². The fourth-order valence-electron chi connectivity index (χ4n) is 1.34. The highest BCUT2D eigenvalue weighted by molar-refractivity contribution is 5.99. The first-order chi connectivity index (χ1) is 7.79. The van der Waals surface area contributed by atoms with Crippen LogP contribution >= 0.6 is 0 Å². The molecule has 0 heterocycles. The zero-order valence-electron chi connectivity index (χ0n) is 9.27. The number of hydrogen-bond donors (Lipinski definition) is 2. The van der Waals surface area contributed by atoms with Crippen LogP contribution in [0.2, 0.25) is 0 Å². The Morgan fingerprint density at radius 3 is 2.53 bits per heavy atom. The van der Waals surface area contributed by atoms with Crippen LogP contribution in [0.15, 0.2) is 18.2 Å². The molecule has 1 aromatic rings. The summed E-state index contributed by atoms with van der Waals surface area (Å²) in [6.45, 7) is 1.16. The highest BCUT2D eigenvalue weighted by atomic mass is 19.4. The third-order valence-corrected chi connectivity index (χ3v) is 2.17. The van der Waals surface area contributed by atoms with Crippen molar-refractivity contribution in [3.05, 3.63) is 23.8 Å². The second-order valence-corrected chi connectivity index (χ2v) is 3.65. The van der Waals surface area contributed by atoms with Gasteiger partial charge in [0.1, 0.15) is 0 Å². The largest absolute Gasteiger partial charge is 0.398 e. The van der Waals surface area contributed by atoms with E-state index < -0.39 is 12.6 Å². The van der Waals surface area contributed by atoms with Crippen LogP contribution in [0.1, 0.15) is 23.7 Å². The Bertz CT molecular complexity index is 416. The monoisotopic (exact) mass is 246 g/mol. The van der Waals surface area contributed by atoms with E-state index in [1.165, 1.54) is 25.1 Å². The molecule has 0 unspecified atom stereocenters. The number of ketones is 1. The Labute approximate surface area is 96.8 Å². The molecule has 17 heavy (non-hydrogen) atoms. The number of hydrogen-bond acceptors (Lipinski definition) is 3. The van der Waals surface area contributed by atoms with E-state index in [1.807, 2.05) is 0 Å². The molecule has 0 aromatic heterocycles. The molecule has 94 valence electrons. The second kappa shape index (κ2) is 5.07. The zero-order valence-corrected chi connectivity index (χ0v) is 9.27. The molecule has 0 atom stereocenters. The number of benzene rings is 1. The molecule has 0 spiro atoms. The molecule has 0 saturated carbocycles. The number of carbonyl (C=O) groups excluding carboxylic acids is 1. The van der Waals surface area contributed by atoms with Crippen LogP contribution in [0.3, 0.4) is 0 Å². The van der Waals surface area contributed by atoms with Gasteiger partial charge in [0, 0.05) is 23.5 Å². The van der Waals surface area contributed by atoms with Crippen molar-refractivity contribution in [3.8, 4) is 0 Å². The third kappa shape index (κ3) is 4.34. The summed E-state index contributed by atoms with van der Waals surface area (Å²) >= 11 is 0. The highest BCUT2D eigenvalue weighted by Gasteiger charge is 2.26. The Balaban J connectivity index is 2.62. The minimum absolute atomic E-state index is 0.177. The van der Waals surface area contributed by atoms with Gasteiger partial charge in [-0.25, -0.2) is 0 Å². The summed E-state index contributed by atoms with van der Waals surface area (Å²) in [4.78, 5) is 11.1. The minimum atomic E-state index is -4.18. The second-order valence-electron chi connectivity index (χ2n) is 3.65. The summed E-state index contributed by atoms with van der Waals surface area (Å²) in [6, 6.07) is 4.48. The third-order valence-electron chi connectivity index (χ3n) is 2.17. The van der Waals surface area contributed by atoms with Crippen LogP contribution in [0.5, 0.6) is 0 Å². The normalized spacial score (nSPS) is 11.3. The number of rotatable bonds is 4. The lowest BCUT2D eigenvalue weighted by atomic mass is 10.1. The minimum Gasteiger partial charge on any atom is -0.398 e. The SMILES string of the molecule is CC(=O)c1ccc(NCCC(F)(F)F)cc1N. The van der Waals surface area contributed by atoms with Crippen molar-refractivity contribution in [3.63, 3.8) is 0 Å². The van der Waals surface area contributed by atoms with Crippen molar-refractivity contribution < 1.29 is 18.0 Å². The lowest BCUT2D eigenvalue weighted by Gasteiger charge is -2.10. The van der Waals surface area contributed by atoms with E-state index in [1.54, 1.807) is 0 Å². The number of halogens is 3. The molecule has 0 bridgehead atoms. The van der Waals surface area contributed by atoms with E-state index in [2.05, 4.69) is 5.32 Å². The number of Topliss-reactive ketones (excluding diaryl/α,β-unsaturated/α-hetero) is 1. The van der Waals surface area contributed by atoms with Crippen molar-refractivity contribution in [1.29, 1.82) is 0 Å². The van der Waals surface area contributed by atoms with Crippen LogP contribution in [-0.4, -0.2) is 18.5 Å². The van der Waals surface area contributed by atoms with E-state index in [0.717, 1.165) is 0 Å². The van der Waals surface area contributed by atoms with Crippen molar-refractivity contribution in [1.82, 2.24) is 0 Å². The Hall–Kier alpha value is -1.72. The van der Waals surface area contributed by atoms with Crippen molar-refractivity contribution in [2.24, 2.45) is 0 Å². The molecule has 1 aromatic carbocycles. The fourth-order valence-corrected chi connectivity index (χ4v) is 1.34. The van der Waals surface area contributed by atoms with Crippen LogP contribution in [0, 0.1) is 0 Å². The van der Waals surface area contributed by atoms with Crippen LogP contribution in [0.4, 0.5) is 24.5 Å². The van der Waals surface area contributed by atoms with Crippen LogP contribution < -0.4 is 11.1 Å². The molecule has 0 fully saturated rings. The smallest absolute Gasteiger partial charge is 0.390 e. The topological polar surface area (TPSA) is 55.1 Å². The van der Waals surface area contributed by atoms with Gasteiger partial charge in [0.2, 0.25) is 0 Å². The molecule has 0 aliphatic carbocycles. The number of nitrogens with one attached hydrogen (secondary N) is 1. The summed E-state index contributed by atoms with van der Waals surface area (Å²) in [5.74, 6) is -0.177. The van der Waals surface area contributed by atoms with Gasteiger partial charge in [-0.3, -0.25) is 4.79 Å². The van der Waals surface area contributed by atoms with E-state index in [-0.39, 0.29) is 18.0 Å². The predicted octanol–water partition coefficient (Wildman–Crippen LogP) is 2.84. The molecule has 3 N–H and O–H groups in total. The molecule has 1 rings (SSSR count). The summed E-state index contributed by atoms with van der Waals surface area (Å²) in [5.41, 5.74) is 6.69. The lowest BCUT2D eigenvalue weighted by molar-refractivity contribution is -0.131. The molecule has 3 nitrogen and oxygen atoms in total. The van der Waals surface area contributed by atoms with Gasteiger partial charge >= 0.3 is 6.18 Å². The van der Waals surface area contributed by atoms with Crippen molar-refractivity contribution in [2.45, 2.75) is 19.5 Å². The Morgan fingerprint density at radius 2 is 2.06 bits per heavy atom. The van der Waals surface area contributed by atoms with E-state index in [9.17, 15) is 18.0 Å². The number of nitrogen functional groups attached to an aromatic ring is 1. The zero-order chi connectivity index (χ0) is 13.1. The molecule has 0 saturated heterocycles. The van der Waals surface area contributed by atoms with Gasteiger partial charge in [-0.2, -0.15) is 13.2 Å². The highest BCUT2D eigenvalue weighted by Crippen LogP contribution is 2.21. The summed E-state index contributed by atoms with van der Waals surface area (Å²) < 4.78 is 35.7. The van der Waals surface area contributed by atoms with Crippen molar-refractivity contribution >= 4 is 17.2 Å². The Kier molecular flexibility index (Phi) is 3.98. The molecule has 0 aliphatic heterocycles. The molecule has 0 radical (unpaired) electrons. The van der Waals surface area contributed by atoms with Crippen LogP contribution in [0.25, 0.3) is 0 Å². The van der Waals surface area contributed by atoms with Crippen LogP contribution in [-0.2, 0) is 0 Å². The average Bonchev–Trinajstić information content (AvgIpc) is 2.15. The maximum atomic E-state index is 11.9. The standard InChI is InChI=1S/C11H13F3N2O/c1-7(17)9-3-2-8(6-10(9)15)16-5-4-11(12,13)14/h2-3,6,16H,4-5,15H2,1H3. The maximum absolute atomic E-state index is 11.9. The van der Waals surface area contributed by atoms with Gasteiger partial charge in [0.15, 0.2) is 5.78 Å². The van der Waals surface area contributed by atoms with Gasteiger partial charge in [-0.15, -0.1) is 0 Å². The molecular weight excluding hydrogens is 233 g/mol. The van der Waals surface area contributed by atoms with Gasteiger partial charge in [0.25, 0.3) is 0 Å². The maximum Gasteiger partial charge on any atom is 0.390 e. The summed E-state index contributed by atoms with van der Waals surface area (Å²) in [6.07, 6.45) is -5.10. The quantitative estimate of drug-likeness (QED) is 0.634. The summed E-state index contributed by atoms with van der Waals surface area (Å²) in [5, 5.41) is 2.60. The summed E-state index contributed by atoms with van der Waals surface area (Å²) in [7, 11) is 0. The number of alkyl halides is 3. The molecular formula is C11H13F3N2O. The van der Waals surface area contributed by atoms with Gasteiger partial charge in [-0.05, 0) is 25.1 Å². The van der Waals surface area contributed by atoms with Gasteiger partial charge in [0.05, 0.1) is 6.42 Å². The molecule has 6 heteroatoms. The van der Waals surface area contributed by atoms with Gasteiger partial charge in [-0.1, -0.05) is 0 Å². The van der Waals surface area contributed by atoms with Crippen molar-refractivity contribution in [2.75, 3.05) is 17.6 Å². The number of nitrogens with two attached hydrogens (primary N) is 1. The Morgan fingerprint density at radius 1 is 1.41 bits per heavy atom. The van der Waals surface area contributed by atoms with E-state index in [0.29, 0.717) is 11.3 Å². The average molecular weight is 246 g/mol. The number of carbonyl (C=O) groups is 1. The molecule has 0 amide bonds. The first-order valence-electron chi connectivity index (χ1n) is 5.00. The predicted molar refractivity (Wildman–Crippen MR) is 60.0 cm³/mol. The fraction of sp³-hybridized carbons (Fsp3) is 0.364. The number of anilines is 2. The first-order valence-corrected chi connectivity index (χ1v) is 5.00. The first kappa shape index (κ1) is 13.3. The molecule has 0 aliphatic rings. The van der Waals surface area contributed by atoms with E-state index in [4.69, 9.17) is 5.73 Å². The van der Waals surface area contributed by atoms with E-state index >= 15 is 0 Å².